The van der Waals surface area contributed by atoms with Crippen LogP contribution in [0.25, 0.3) is 0 Å². The molecule has 1 N–H and O–H groups in total. The van der Waals surface area contributed by atoms with Crippen molar-refractivity contribution < 1.29 is 4.74 Å². The number of nitrogens with zero attached hydrogens (tertiary/aromatic N) is 3. The largest absolute Gasteiger partial charge is 0.381 e. The van der Waals surface area contributed by atoms with Crippen LogP contribution in [0.2, 0.25) is 0 Å². The van der Waals surface area contributed by atoms with Crippen molar-refractivity contribution in [1.29, 1.82) is 0 Å². The lowest BCUT2D eigenvalue weighted by Crippen LogP contribution is -2.33. The smallest absolute Gasteiger partial charge is 0.144 e. The second-order valence-corrected chi connectivity index (χ2v) is 4.58. The second-order valence-electron chi connectivity index (χ2n) is 4.58. The van der Waals surface area contributed by atoms with Gasteiger partial charge in [-0.2, -0.15) is 5.10 Å². The molecular weight excluding hydrogens is 216 g/mol. The summed E-state index contributed by atoms with van der Waals surface area (Å²) in [6.45, 7) is 4.81. The van der Waals surface area contributed by atoms with Crippen molar-refractivity contribution >= 4 is 0 Å². The first-order valence-electron chi connectivity index (χ1n) is 6.49. The van der Waals surface area contributed by atoms with E-state index in [1.54, 1.807) is 6.33 Å². The molecule has 5 heteroatoms. The van der Waals surface area contributed by atoms with Gasteiger partial charge < -0.3 is 10.1 Å². The topological polar surface area (TPSA) is 52.0 Å². The fourth-order valence-corrected chi connectivity index (χ4v) is 2.50. The van der Waals surface area contributed by atoms with Crippen LogP contribution in [0.4, 0.5) is 0 Å². The summed E-state index contributed by atoms with van der Waals surface area (Å²) in [7, 11) is 1.99. The van der Waals surface area contributed by atoms with Gasteiger partial charge in [0.2, 0.25) is 0 Å². The van der Waals surface area contributed by atoms with Crippen LogP contribution in [0.1, 0.15) is 38.1 Å². The van der Waals surface area contributed by atoms with E-state index in [2.05, 4.69) is 22.3 Å². The normalized spacial score (nSPS) is 22.6. The molecule has 0 bridgehead atoms. The molecule has 0 spiro atoms. The molecule has 5 nitrogen and oxygen atoms in total. The first-order valence-corrected chi connectivity index (χ1v) is 6.49. The molecule has 0 amide bonds. The van der Waals surface area contributed by atoms with Crippen LogP contribution in [0.5, 0.6) is 0 Å². The van der Waals surface area contributed by atoms with Gasteiger partial charge in [-0.15, -0.1) is 0 Å². The minimum Gasteiger partial charge on any atom is -0.381 e. The first kappa shape index (κ1) is 12.5. The number of hydrogen-bond donors (Lipinski definition) is 1. The van der Waals surface area contributed by atoms with Gasteiger partial charge in [0.15, 0.2) is 0 Å². The van der Waals surface area contributed by atoms with Crippen LogP contribution in [0, 0.1) is 5.92 Å². The first-order chi connectivity index (χ1) is 8.36. The predicted molar refractivity (Wildman–Crippen MR) is 65.7 cm³/mol. The van der Waals surface area contributed by atoms with Crippen molar-refractivity contribution in [2.45, 2.75) is 38.8 Å². The Morgan fingerprint density at radius 2 is 2.53 bits per heavy atom. The summed E-state index contributed by atoms with van der Waals surface area (Å²) in [6, 6.07) is 0.254. The second kappa shape index (κ2) is 6.12. The maximum atomic E-state index is 5.57. The van der Waals surface area contributed by atoms with Crippen LogP contribution in [-0.2, 0) is 11.3 Å². The molecule has 17 heavy (non-hydrogen) atoms. The maximum Gasteiger partial charge on any atom is 0.144 e. The fraction of sp³-hybridized carbons (Fsp3) is 0.833. The van der Waals surface area contributed by atoms with Gasteiger partial charge >= 0.3 is 0 Å². The lowest BCUT2D eigenvalue weighted by atomic mass is 9.93. The molecule has 96 valence electrons. The molecule has 0 aromatic carbocycles. The standard InChI is InChI=1S/C12H22N4O/c1-3-6-16-12(14-9-15-16)11(13-2)10-5-4-7-17-8-10/h9-11,13H,3-8H2,1-2H3. The van der Waals surface area contributed by atoms with Gasteiger partial charge in [-0.3, -0.25) is 0 Å². The number of aromatic nitrogens is 3. The third-order valence-corrected chi connectivity index (χ3v) is 3.34. The van der Waals surface area contributed by atoms with Crippen molar-refractivity contribution in [3.63, 3.8) is 0 Å². The number of aryl methyl sites for hydroxylation is 1. The lowest BCUT2D eigenvalue weighted by molar-refractivity contribution is 0.0381. The summed E-state index contributed by atoms with van der Waals surface area (Å²) in [5.41, 5.74) is 0. The van der Waals surface area contributed by atoms with E-state index in [1.807, 2.05) is 11.7 Å². The van der Waals surface area contributed by atoms with Crippen LogP contribution in [0.15, 0.2) is 6.33 Å². The summed E-state index contributed by atoms with van der Waals surface area (Å²) >= 11 is 0. The molecule has 2 rings (SSSR count). The zero-order valence-electron chi connectivity index (χ0n) is 10.7. The summed E-state index contributed by atoms with van der Waals surface area (Å²) in [5.74, 6) is 1.55. The average Bonchev–Trinajstić information content (AvgIpc) is 2.81. The van der Waals surface area contributed by atoms with Gasteiger partial charge in [-0.25, -0.2) is 9.67 Å². The van der Waals surface area contributed by atoms with Gasteiger partial charge in [0, 0.05) is 19.1 Å². The number of rotatable bonds is 5. The molecule has 2 unspecified atom stereocenters. The Balaban J connectivity index is 2.12. The number of nitrogens with one attached hydrogen (secondary N) is 1. The van der Waals surface area contributed by atoms with E-state index in [9.17, 15) is 0 Å². The maximum absolute atomic E-state index is 5.57. The fourth-order valence-electron chi connectivity index (χ4n) is 2.50. The SMILES string of the molecule is CCCn1ncnc1C(NC)C1CCCOC1. The van der Waals surface area contributed by atoms with Crippen molar-refractivity contribution in [3.05, 3.63) is 12.2 Å². The number of ether oxygens (including phenoxy) is 1. The minimum atomic E-state index is 0.254. The molecule has 1 aromatic rings. The third kappa shape index (κ3) is 2.84. The minimum absolute atomic E-state index is 0.254. The highest BCUT2D eigenvalue weighted by atomic mass is 16.5. The molecule has 1 aliphatic heterocycles. The van der Waals surface area contributed by atoms with Crippen molar-refractivity contribution in [3.8, 4) is 0 Å². The third-order valence-electron chi connectivity index (χ3n) is 3.34. The molecule has 1 aliphatic rings. The van der Waals surface area contributed by atoms with Gasteiger partial charge in [0.05, 0.1) is 12.6 Å². The molecule has 0 radical (unpaired) electrons. The highest BCUT2D eigenvalue weighted by molar-refractivity contribution is 4.98. The molecule has 2 atom stereocenters. The van der Waals surface area contributed by atoms with Crippen LogP contribution < -0.4 is 5.32 Å². The molecular formula is C12H22N4O. The van der Waals surface area contributed by atoms with E-state index in [-0.39, 0.29) is 6.04 Å². The van der Waals surface area contributed by atoms with E-state index in [1.165, 1.54) is 6.42 Å². The zero-order chi connectivity index (χ0) is 12.1. The Morgan fingerprint density at radius 1 is 1.65 bits per heavy atom. The zero-order valence-corrected chi connectivity index (χ0v) is 10.7. The monoisotopic (exact) mass is 238 g/mol. The van der Waals surface area contributed by atoms with Crippen molar-refractivity contribution in [1.82, 2.24) is 20.1 Å². The van der Waals surface area contributed by atoms with Crippen LogP contribution >= 0.6 is 0 Å². The van der Waals surface area contributed by atoms with E-state index >= 15 is 0 Å². The molecule has 1 saturated heterocycles. The van der Waals surface area contributed by atoms with Gasteiger partial charge in [0.1, 0.15) is 12.2 Å². The quantitative estimate of drug-likeness (QED) is 0.842. The van der Waals surface area contributed by atoms with E-state index < -0.39 is 0 Å². The van der Waals surface area contributed by atoms with Crippen molar-refractivity contribution in [2.75, 3.05) is 20.3 Å². The van der Waals surface area contributed by atoms with Crippen LogP contribution in [-0.4, -0.2) is 35.0 Å². The highest BCUT2D eigenvalue weighted by Crippen LogP contribution is 2.27. The summed E-state index contributed by atoms with van der Waals surface area (Å²) in [4.78, 5) is 4.41. The molecule has 1 aromatic heterocycles. The Hall–Kier alpha value is -0.940. The predicted octanol–water partition coefficient (Wildman–Crippen LogP) is 1.38. The summed E-state index contributed by atoms with van der Waals surface area (Å²) < 4.78 is 7.58. The molecule has 1 fully saturated rings. The Bertz CT molecular complexity index is 333. The average molecular weight is 238 g/mol. The Morgan fingerprint density at radius 3 is 3.18 bits per heavy atom. The number of hydrogen-bond acceptors (Lipinski definition) is 4. The Kier molecular flexibility index (Phi) is 4.50. The lowest BCUT2D eigenvalue weighted by Gasteiger charge is -2.29. The van der Waals surface area contributed by atoms with E-state index in [0.29, 0.717) is 5.92 Å². The van der Waals surface area contributed by atoms with Gasteiger partial charge in [-0.05, 0) is 26.3 Å². The van der Waals surface area contributed by atoms with Gasteiger partial charge in [0.25, 0.3) is 0 Å². The molecule has 0 aliphatic carbocycles. The van der Waals surface area contributed by atoms with E-state index in [0.717, 1.165) is 38.4 Å². The van der Waals surface area contributed by atoms with E-state index in [4.69, 9.17) is 4.74 Å². The summed E-state index contributed by atoms with van der Waals surface area (Å²) in [5, 5.41) is 7.66. The summed E-state index contributed by atoms with van der Waals surface area (Å²) in [6.07, 6.45) is 5.07. The van der Waals surface area contributed by atoms with Crippen molar-refractivity contribution in [2.24, 2.45) is 5.92 Å². The highest BCUT2D eigenvalue weighted by Gasteiger charge is 2.27. The Labute approximate surface area is 103 Å². The molecule has 0 saturated carbocycles. The van der Waals surface area contributed by atoms with Gasteiger partial charge in [-0.1, -0.05) is 6.92 Å². The molecule has 2 heterocycles. The van der Waals surface area contributed by atoms with Crippen LogP contribution in [0.3, 0.4) is 0 Å².